The first-order valence-corrected chi connectivity index (χ1v) is 5.89. The molecular weight excluding hydrogens is 200 g/mol. The number of hydrogen-bond donors (Lipinski definition) is 1. The topological polar surface area (TPSA) is 41.1 Å². The molecule has 1 rings (SSSR count). The third-order valence-corrected chi connectivity index (χ3v) is 2.33. The molecule has 0 saturated heterocycles. The van der Waals surface area contributed by atoms with Gasteiger partial charge in [-0.25, -0.2) is 4.98 Å². The number of aromatic nitrogens is 2. The van der Waals surface area contributed by atoms with E-state index < -0.39 is 0 Å². The summed E-state index contributed by atoms with van der Waals surface area (Å²) >= 11 is 0. The molecule has 0 bridgehead atoms. The summed E-state index contributed by atoms with van der Waals surface area (Å²) in [7, 11) is 2.04. The maximum Gasteiger partial charge on any atom is 0.146 e. The van der Waals surface area contributed by atoms with Gasteiger partial charge in [-0.15, -0.1) is 0 Å². The Balaban J connectivity index is 2.53. The standard InChI is InChI=1S/C12H22N4/c1-5-6-16(4)12-9-14-11(8-15-12)7-13-10(2)3/h8-10,13H,5-7H2,1-4H3. The van der Waals surface area contributed by atoms with Crippen LogP contribution >= 0.6 is 0 Å². The first-order chi connectivity index (χ1) is 7.63. The fourth-order valence-electron chi connectivity index (χ4n) is 1.40. The van der Waals surface area contributed by atoms with Crippen LogP contribution < -0.4 is 10.2 Å². The van der Waals surface area contributed by atoms with Crippen molar-refractivity contribution in [3.8, 4) is 0 Å². The van der Waals surface area contributed by atoms with Gasteiger partial charge in [0.2, 0.25) is 0 Å². The highest BCUT2D eigenvalue weighted by atomic mass is 15.2. The molecule has 90 valence electrons. The van der Waals surface area contributed by atoms with Gasteiger partial charge in [-0.3, -0.25) is 4.98 Å². The van der Waals surface area contributed by atoms with E-state index in [0.717, 1.165) is 31.0 Å². The molecule has 0 unspecified atom stereocenters. The molecule has 4 heteroatoms. The average molecular weight is 222 g/mol. The van der Waals surface area contributed by atoms with E-state index >= 15 is 0 Å². The van der Waals surface area contributed by atoms with Crippen molar-refractivity contribution >= 4 is 5.82 Å². The third-order valence-electron chi connectivity index (χ3n) is 2.33. The van der Waals surface area contributed by atoms with Crippen LogP contribution in [-0.4, -0.2) is 29.6 Å². The quantitative estimate of drug-likeness (QED) is 0.797. The van der Waals surface area contributed by atoms with Crippen LogP contribution in [0.5, 0.6) is 0 Å². The zero-order valence-corrected chi connectivity index (χ0v) is 10.7. The van der Waals surface area contributed by atoms with Gasteiger partial charge in [0.15, 0.2) is 0 Å². The summed E-state index contributed by atoms with van der Waals surface area (Å²) in [4.78, 5) is 10.9. The summed E-state index contributed by atoms with van der Waals surface area (Å²) in [5, 5.41) is 3.32. The van der Waals surface area contributed by atoms with Crippen molar-refractivity contribution in [2.24, 2.45) is 0 Å². The minimum absolute atomic E-state index is 0.476. The molecule has 0 aliphatic heterocycles. The van der Waals surface area contributed by atoms with Crippen molar-refractivity contribution in [3.05, 3.63) is 18.1 Å². The fourth-order valence-corrected chi connectivity index (χ4v) is 1.40. The molecule has 4 nitrogen and oxygen atoms in total. The molecule has 1 aromatic rings. The molecule has 16 heavy (non-hydrogen) atoms. The van der Waals surface area contributed by atoms with Crippen LogP contribution in [0.3, 0.4) is 0 Å². The predicted molar refractivity (Wildman–Crippen MR) is 67.6 cm³/mol. The van der Waals surface area contributed by atoms with Gasteiger partial charge >= 0.3 is 0 Å². The maximum atomic E-state index is 4.40. The number of hydrogen-bond acceptors (Lipinski definition) is 4. The lowest BCUT2D eigenvalue weighted by atomic mass is 10.3. The van der Waals surface area contributed by atoms with Crippen molar-refractivity contribution in [1.82, 2.24) is 15.3 Å². The highest BCUT2D eigenvalue weighted by molar-refractivity contribution is 5.34. The Morgan fingerprint density at radius 2 is 2.06 bits per heavy atom. The van der Waals surface area contributed by atoms with Crippen LogP contribution in [0.25, 0.3) is 0 Å². The Morgan fingerprint density at radius 3 is 2.56 bits per heavy atom. The second kappa shape index (κ2) is 6.43. The maximum absolute atomic E-state index is 4.40. The molecule has 0 aliphatic carbocycles. The fraction of sp³-hybridized carbons (Fsp3) is 0.667. The van der Waals surface area contributed by atoms with Crippen molar-refractivity contribution in [2.45, 2.75) is 39.8 Å². The van der Waals surface area contributed by atoms with E-state index in [2.05, 4.69) is 41.0 Å². The summed E-state index contributed by atoms with van der Waals surface area (Å²) in [6.07, 6.45) is 4.80. The monoisotopic (exact) mass is 222 g/mol. The second-order valence-corrected chi connectivity index (χ2v) is 4.32. The number of rotatable bonds is 6. The lowest BCUT2D eigenvalue weighted by Crippen LogP contribution is -2.23. The minimum Gasteiger partial charge on any atom is -0.358 e. The average Bonchev–Trinajstić information content (AvgIpc) is 2.27. The molecular formula is C12H22N4. The van der Waals surface area contributed by atoms with Gasteiger partial charge in [-0.2, -0.15) is 0 Å². The van der Waals surface area contributed by atoms with Crippen LogP contribution in [-0.2, 0) is 6.54 Å². The molecule has 1 aromatic heterocycles. The van der Waals surface area contributed by atoms with E-state index in [0.29, 0.717) is 6.04 Å². The molecule has 0 aliphatic rings. The van der Waals surface area contributed by atoms with E-state index in [4.69, 9.17) is 0 Å². The SMILES string of the molecule is CCCN(C)c1cnc(CNC(C)C)cn1. The smallest absolute Gasteiger partial charge is 0.146 e. The Bertz CT molecular complexity index is 294. The lowest BCUT2D eigenvalue weighted by Gasteiger charge is -2.16. The largest absolute Gasteiger partial charge is 0.358 e. The second-order valence-electron chi connectivity index (χ2n) is 4.32. The zero-order chi connectivity index (χ0) is 12.0. The first kappa shape index (κ1) is 12.9. The van der Waals surface area contributed by atoms with Gasteiger partial charge in [-0.05, 0) is 6.42 Å². The van der Waals surface area contributed by atoms with Crippen LogP contribution in [0.15, 0.2) is 12.4 Å². The molecule has 0 saturated carbocycles. The van der Waals surface area contributed by atoms with Gasteiger partial charge in [0.1, 0.15) is 5.82 Å². The Labute approximate surface area is 98.1 Å². The van der Waals surface area contributed by atoms with Crippen molar-refractivity contribution in [1.29, 1.82) is 0 Å². The predicted octanol–water partition coefficient (Wildman–Crippen LogP) is 1.82. The third kappa shape index (κ3) is 4.14. The Morgan fingerprint density at radius 1 is 1.31 bits per heavy atom. The molecule has 0 amide bonds. The molecule has 0 aromatic carbocycles. The molecule has 1 heterocycles. The van der Waals surface area contributed by atoms with Gasteiger partial charge in [0.05, 0.1) is 18.1 Å². The molecule has 0 atom stereocenters. The van der Waals surface area contributed by atoms with Gasteiger partial charge in [-0.1, -0.05) is 20.8 Å². The normalized spacial score (nSPS) is 10.8. The molecule has 0 fully saturated rings. The Kier molecular flexibility index (Phi) is 5.19. The van der Waals surface area contributed by atoms with E-state index in [1.807, 2.05) is 19.4 Å². The van der Waals surface area contributed by atoms with Gasteiger partial charge in [0, 0.05) is 26.2 Å². The van der Waals surface area contributed by atoms with Gasteiger partial charge < -0.3 is 10.2 Å². The summed E-state index contributed by atoms with van der Waals surface area (Å²) in [6.45, 7) is 8.19. The Hall–Kier alpha value is -1.16. The van der Waals surface area contributed by atoms with Crippen LogP contribution in [0.1, 0.15) is 32.9 Å². The minimum atomic E-state index is 0.476. The molecule has 0 spiro atoms. The highest BCUT2D eigenvalue weighted by Gasteiger charge is 2.02. The van der Waals surface area contributed by atoms with Crippen molar-refractivity contribution < 1.29 is 0 Å². The number of nitrogens with one attached hydrogen (secondary N) is 1. The van der Waals surface area contributed by atoms with Crippen LogP contribution in [0.2, 0.25) is 0 Å². The first-order valence-electron chi connectivity index (χ1n) is 5.89. The van der Waals surface area contributed by atoms with E-state index in [1.165, 1.54) is 0 Å². The van der Waals surface area contributed by atoms with Crippen LogP contribution in [0, 0.1) is 0 Å². The molecule has 1 N–H and O–H groups in total. The lowest BCUT2D eigenvalue weighted by molar-refractivity contribution is 0.580. The summed E-state index contributed by atoms with van der Waals surface area (Å²) in [5.74, 6) is 0.940. The van der Waals surface area contributed by atoms with E-state index in [9.17, 15) is 0 Å². The summed E-state index contributed by atoms with van der Waals surface area (Å²) in [5.41, 5.74) is 0.988. The summed E-state index contributed by atoms with van der Waals surface area (Å²) < 4.78 is 0. The molecule has 0 radical (unpaired) electrons. The van der Waals surface area contributed by atoms with E-state index in [-0.39, 0.29) is 0 Å². The summed E-state index contributed by atoms with van der Waals surface area (Å²) in [6, 6.07) is 0.476. The van der Waals surface area contributed by atoms with Crippen molar-refractivity contribution in [2.75, 3.05) is 18.5 Å². The van der Waals surface area contributed by atoms with E-state index in [1.54, 1.807) is 0 Å². The van der Waals surface area contributed by atoms with Gasteiger partial charge in [0.25, 0.3) is 0 Å². The zero-order valence-electron chi connectivity index (χ0n) is 10.7. The van der Waals surface area contributed by atoms with Crippen molar-refractivity contribution in [3.63, 3.8) is 0 Å². The highest BCUT2D eigenvalue weighted by Crippen LogP contribution is 2.06. The number of nitrogens with zero attached hydrogens (tertiary/aromatic N) is 3. The van der Waals surface area contributed by atoms with Crippen LogP contribution in [0.4, 0.5) is 5.82 Å². The number of anilines is 1.